The van der Waals surface area contributed by atoms with Crippen LogP contribution in [0.15, 0.2) is 102 Å². The highest BCUT2D eigenvalue weighted by Gasteiger charge is 2.06. The van der Waals surface area contributed by atoms with E-state index in [1.165, 1.54) is 10.5 Å². The van der Waals surface area contributed by atoms with E-state index in [1.54, 1.807) is 24.3 Å². The van der Waals surface area contributed by atoms with Crippen LogP contribution in [0.5, 0.6) is 0 Å². The molecule has 0 spiro atoms. The van der Waals surface area contributed by atoms with Crippen LogP contribution in [0.2, 0.25) is 0 Å². The normalized spacial score (nSPS) is 10.6. The number of hydrogen-bond donors (Lipinski definition) is 1. The van der Waals surface area contributed by atoms with Gasteiger partial charge in [-0.15, -0.1) is 11.8 Å². The molecule has 4 aromatic rings. The van der Waals surface area contributed by atoms with Crippen molar-refractivity contribution in [3.8, 4) is 5.69 Å². The maximum atomic E-state index is 12.4. The molecule has 3 aromatic carbocycles. The van der Waals surface area contributed by atoms with Gasteiger partial charge in [0, 0.05) is 40.8 Å². The number of nitrogens with zero attached hydrogens (tertiary/aromatic N) is 2. The molecular formula is C24H21N3OS. The number of aromatic nitrogens is 2. The molecule has 0 aliphatic rings. The van der Waals surface area contributed by atoms with Crippen molar-refractivity contribution in [2.24, 2.45) is 0 Å². The lowest BCUT2D eigenvalue weighted by molar-refractivity contribution is 0.0951. The maximum Gasteiger partial charge on any atom is 0.251 e. The molecular weight excluding hydrogens is 378 g/mol. The Morgan fingerprint density at radius 1 is 0.897 bits per heavy atom. The Morgan fingerprint density at radius 2 is 1.62 bits per heavy atom. The van der Waals surface area contributed by atoms with Crippen molar-refractivity contribution >= 4 is 17.7 Å². The number of hydrogen-bond acceptors (Lipinski definition) is 3. The van der Waals surface area contributed by atoms with E-state index in [4.69, 9.17) is 0 Å². The largest absolute Gasteiger partial charge is 0.348 e. The second kappa shape index (κ2) is 9.26. The predicted octanol–water partition coefficient (Wildman–Crippen LogP) is 5.09. The van der Waals surface area contributed by atoms with E-state index in [1.807, 2.05) is 77.5 Å². The molecule has 0 saturated heterocycles. The number of carbonyl (C=O) groups excluding carboxylic acids is 1. The van der Waals surface area contributed by atoms with Crippen molar-refractivity contribution in [2.75, 3.05) is 0 Å². The van der Waals surface area contributed by atoms with Crippen LogP contribution in [0.4, 0.5) is 0 Å². The Kier molecular flexibility index (Phi) is 6.07. The van der Waals surface area contributed by atoms with E-state index in [0.29, 0.717) is 12.1 Å². The second-order valence-corrected chi connectivity index (χ2v) is 7.67. The first-order chi connectivity index (χ1) is 14.3. The lowest BCUT2D eigenvalue weighted by Crippen LogP contribution is -2.22. The first-order valence-electron chi connectivity index (χ1n) is 9.40. The third-order valence-corrected chi connectivity index (χ3v) is 5.64. The van der Waals surface area contributed by atoms with Crippen LogP contribution >= 0.6 is 11.8 Å². The van der Waals surface area contributed by atoms with E-state index in [-0.39, 0.29) is 5.91 Å². The summed E-state index contributed by atoms with van der Waals surface area (Å²) in [6.07, 6.45) is 5.41. The number of carbonyl (C=O) groups is 1. The van der Waals surface area contributed by atoms with Gasteiger partial charge in [0.1, 0.15) is 0 Å². The zero-order valence-electron chi connectivity index (χ0n) is 15.9. The Morgan fingerprint density at radius 3 is 2.31 bits per heavy atom. The topological polar surface area (TPSA) is 46.9 Å². The predicted molar refractivity (Wildman–Crippen MR) is 117 cm³/mol. The van der Waals surface area contributed by atoms with Gasteiger partial charge in [0.15, 0.2) is 0 Å². The van der Waals surface area contributed by atoms with Crippen molar-refractivity contribution in [1.29, 1.82) is 0 Å². The highest BCUT2D eigenvalue weighted by molar-refractivity contribution is 7.98. The van der Waals surface area contributed by atoms with Gasteiger partial charge in [-0.3, -0.25) is 4.79 Å². The van der Waals surface area contributed by atoms with E-state index >= 15 is 0 Å². The molecule has 0 atom stereocenters. The van der Waals surface area contributed by atoms with Gasteiger partial charge in [0.2, 0.25) is 0 Å². The summed E-state index contributed by atoms with van der Waals surface area (Å²) in [5, 5.41) is 2.98. The number of benzene rings is 3. The van der Waals surface area contributed by atoms with Gasteiger partial charge in [-0.05, 0) is 47.5 Å². The van der Waals surface area contributed by atoms with E-state index in [0.717, 1.165) is 17.0 Å². The highest BCUT2D eigenvalue weighted by Crippen LogP contribution is 2.22. The molecule has 0 bridgehead atoms. The lowest BCUT2D eigenvalue weighted by atomic mass is 10.1. The molecule has 144 valence electrons. The summed E-state index contributed by atoms with van der Waals surface area (Å²) in [5.41, 5.74) is 3.97. The van der Waals surface area contributed by atoms with Crippen molar-refractivity contribution in [3.05, 3.63) is 114 Å². The van der Waals surface area contributed by atoms with Crippen LogP contribution < -0.4 is 5.32 Å². The first kappa shape index (κ1) is 19.0. The van der Waals surface area contributed by atoms with Gasteiger partial charge in [-0.1, -0.05) is 42.5 Å². The van der Waals surface area contributed by atoms with Gasteiger partial charge in [-0.25, -0.2) is 4.98 Å². The molecule has 0 unspecified atom stereocenters. The number of amides is 1. The molecule has 0 saturated carbocycles. The summed E-state index contributed by atoms with van der Waals surface area (Å²) in [6.45, 7) is 0.495. The molecule has 1 N–H and O–H groups in total. The SMILES string of the molecule is O=C(NCc1ccc(-n2ccnc2)cc1)c1ccc(CSc2ccccc2)cc1. The molecule has 1 amide bonds. The third kappa shape index (κ3) is 5.15. The summed E-state index contributed by atoms with van der Waals surface area (Å²) in [4.78, 5) is 17.7. The van der Waals surface area contributed by atoms with Crippen LogP contribution in [0.1, 0.15) is 21.5 Å². The van der Waals surface area contributed by atoms with Gasteiger partial charge < -0.3 is 9.88 Å². The van der Waals surface area contributed by atoms with Gasteiger partial charge >= 0.3 is 0 Å². The summed E-state index contributed by atoms with van der Waals surface area (Å²) in [6, 6.07) is 26.2. The molecule has 0 fully saturated rings. The van der Waals surface area contributed by atoms with Crippen LogP contribution in [-0.2, 0) is 12.3 Å². The third-order valence-electron chi connectivity index (χ3n) is 4.56. The van der Waals surface area contributed by atoms with Gasteiger partial charge in [0.25, 0.3) is 5.91 Å². The number of thioether (sulfide) groups is 1. The van der Waals surface area contributed by atoms with Crippen LogP contribution in [0.3, 0.4) is 0 Å². The van der Waals surface area contributed by atoms with Crippen LogP contribution in [0.25, 0.3) is 5.69 Å². The minimum Gasteiger partial charge on any atom is -0.348 e. The molecule has 4 rings (SSSR count). The summed E-state index contributed by atoms with van der Waals surface area (Å²) in [5.74, 6) is 0.820. The second-order valence-electron chi connectivity index (χ2n) is 6.62. The number of rotatable bonds is 7. The van der Waals surface area contributed by atoms with E-state index in [9.17, 15) is 4.79 Å². The number of imidazole rings is 1. The van der Waals surface area contributed by atoms with E-state index < -0.39 is 0 Å². The highest BCUT2D eigenvalue weighted by atomic mass is 32.2. The summed E-state index contributed by atoms with van der Waals surface area (Å²) >= 11 is 1.79. The smallest absolute Gasteiger partial charge is 0.251 e. The molecule has 0 aliphatic heterocycles. The fourth-order valence-electron chi connectivity index (χ4n) is 2.92. The molecule has 29 heavy (non-hydrogen) atoms. The first-order valence-corrected chi connectivity index (χ1v) is 10.4. The zero-order valence-corrected chi connectivity index (χ0v) is 16.7. The Labute approximate surface area is 174 Å². The molecule has 1 heterocycles. The molecule has 4 nitrogen and oxygen atoms in total. The van der Waals surface area contributed by atoms with Crippen LogP contribution in [0, 0.1) is 0 Å². The van der Waals surface area contributed by atoms with E-state index in [2.05, 4.69) is 22.4 Å². The average Bonchev–Trinajstić information content (AvgIpc) is 3.32. The Hall–Kier alpha value is -3.31. The molecule has 1 aromatic heterocycles. The number of nitrogens with one attached hydrogen (secondary N) is 1. The van der Waals surface area contributed by atoms with Gasteiger partial charge in [-0.2, -0.15) is 0 Å². The maximum absolute atomic E-state index is 12.4. The summed E-state index contributed by atoms with van der Waals surface area (Å²) in [7, 11) is 0. The molecule has 5 heteroatoms. The fourth-order valence-corrected chi connectivity index (χ4v) is 3.79. The zero-order chi connectivity index (χ0) is 19.9. The molecule has 0 aliphatic carbocycles. The van der Waals surface area contributed by atoms with Gasteiger partial charge in [0.05, 0.1) is 6.33 Å². The fraction of sp³-hybridized carbons (Fsp3) is 0.0833. The quantitative estimate of drug-likeness (QED) is 0.440. The Balaban J connectivity index is 1.29. The Bertz CT molecular complexity index is 1040. The van der Waals surface area contributed by atoms with Crippen molar-refractivity contribution in [2.45, 2.75) is 17.2 Å². The standard InChI is InChI=1S/C24H21N3OS/c28-24(26-16-19-8-12-22(13-9-19)27-15-14-25-18-27)21-10-6-20(7-11-21)17-29-23-4-2-1-3-5-23/h1-15,18H,16-17H2,(H,26,28). The molecule has 0 radical (unpaired) electrons. The lowest BCUT2D eigenvalue weighted by Gasteiger charge is -2.08. The van der Waals surface area contributed by atoms with Crippen LogP contribution in [-0.4, -0.2) is 15.5 Å². The van der Waals surface area contributed by atoms with Crippen molar-refractivity contribution < 1.29 is 4.79 Å². The average molecular weight is 400 g/mol. The van der Waals surface area contributed by atoms with Crippen molar-refractivity contribution in [1.82, 2.24) is 14.9 Å². The summed E-state index contributed by atoms with van der Waals surface area (Å²) < 4.78 is 1.94. The minimum absolute atomic E-state index is 0.0639. The minimum atomic E-state index is -0.0639. The monoisotopic (exact) mass is 399 g/mol. The van der Waals surface area contributed by atoms with Crippen molar-refractivity contribution in [3.63, 3.8) is 0 Å².